The zero-order chi connectivity index (χ0) is 13.2. The molecule has 2 aromatic rings. The van der Waals surface area contributed by atoms with Gasteiger partial charge >= 0.3 is 0 Å². The molecule has 2 nitrogen and oxygen atoms in total. The van der Waals surface area contributed by atoms with E-state index in [0.29, 0.717) is 6.54 Å². The highest BCUT2D eigenvalue weighted by atomic mass is 16.2. The monoisotopic (exact) mass is 249 g/mol. The number of nitrogens with zero attached hydrogens (tertiary/aromatic N) is 1. The van der Waals surface area contributed by atoms with Gasteiger partial charge in [-0.05, 0) is 24.6 Å². The topological polar surface area (TPSA) is 20.3 Å². The number of anilines is 1. The minimum absolute atomic E-state index is 0.0903. The van der Waals surface area contributed by atoms with Gasteiger partial charge in [-0.3, -0.25) is 4.79 Å². The summed E-state index contributed by atoms with van der Waals surface area (Å²) in [6.45, 7) is 2.70. The van der Waals surface area contributed by atoms with Crippen LogP contribution in [0.5, 0.6) is 0 Å². The molecule has 0 saturated carbocycles. The second kappa shape index (κ2) is 4.73. The average Bonchev–Trinajstić information content (AvgIpc) is 2.73. The number of benzene rings is 2. The maximum Gasteiger partial charge on any atom is 0.258 e. The smallest absolute Gasteiger partial charge is 0.258 e. The van der Waals surface area contributed by atoms with Gasteiger partial charge in [0.2, 0.25) is 0 Å². The number of amides is 1. The third-order valence-electron chi connectivity index (χ3n) is 3.39. The maximum absolute atomic E-state index is 12.5. The first-order valence-corrected chi connectivity index (χ1v) is 6.49. The highest BCUT2D eigenvalue weighted by Crippen LogP contribution is 2.37. The van der Waals surface area contributed by atoms with Gasteiger partial charge in [-0.1, -0.05) is 48.5 Å². The SMILES string of the molecule is CCN1C(=O)/C(=C\c2ccccc2)c2ccccc21. The lowest BCUT2D eigenvalue weighted by atomic mass is 10.0. The fourth-order valence-corrected chi connectivity index (χ4v) is 2.48. The average molecular weight is 249 g/mol. The summed E-state index contributed by atoms with van der Waals surface area (Å²) in [4.78, 5) is 14.3. The van der Waals surface area contributed by atoms with Crippen molar-refractivity contribution in [1.29, 1.82) is 0 Å². The van der Waals surface area contributed by atoms with Gasteiger partial charge in [0.05, 0.1) is 5.69 Å². The lowest BCUT2D eigenvalue weighted by Gasteiger charge is -2.13. The van der Waals surface area contributed by atoms with Gasteiger partial charge in [0.25, 0.3) is 5.91 Å². The second-order valence-corrected chi connectivity index (χ2v) is 4.54. The number of fused-ring (bicyclic) bond motifs is 1. The Hall–Kier alpha value is -2.35. The van der Waals surface area contributed by atoms with Gasteiger partial charge in [0.1, 0.15) is 0 Å². The van der Waals surface area contributed by atoms with Crippen LogP contribution in [0.1, 0.15) is 18.1 Å². The Morgan fingerprint density at radius 2 is 1.68 bits per heavy atom. The molecular formula is C17H15NO. The van der Waals surface area contributed by atoms with Crippen molar-refractivity contribution in [2.75, 3.05) is 11.4 Å². The van der Waals surface area contributed by atoms with Gasteiger partial charge in [0.15, 0.2) is 0 Å². The van der Waals surface area contributed by atoms with E-state index in [0.717, 1.165) is 22.4 Å². The number of hydrogen-bond donors (Lipinski definition) is 0. The molecule has 1 aliphatic heterocycles. The van der Waals surface area contributed by atoms with Crippen molar-refractivity contribution in [2.24, 2.45) is 0 Å². The third kappa shape index (κ3) is 1.95. The number of carbonyl (C=O) groups is 1. The van der Waals surface area contributed by atoms with Crippen LogP contribution in [0.4, 0.5) is 5.69 Å². The van der Waals surface area contributed by atoms with Crippen LogP contribution in [0.2, 0.25) is 0 Å². The molecule has 0 aromatic heterocycles. The third-order valence-corrected chi connectivity index (χ3v) is 3.39. The van der Waals surface area contributed by atoms with E-state index in [1.165, 1.54) is 0 Å². The Bertz CT molecular complexity index is 643. The van der Waals surface area contributed by atoms with E-state index in [2.05, 4.69) is 0 Å². The number of para-hydroxylation sites is 1. The molecule has 0 radical (unpaired) electrons. The van der Waals surface area contributed by atoms with Crippen LogP contribution in [0.3, 0.4) is 0 Å². The highest BCUT2D eigenvalue weighted by Gasteiger charge is 2.30. The lowest BCUT2D eigenvalue weighted by Crippen LogP contribution is -2.25. The Morgan fingerprint density at radius 3 is 2.42 bits per heavy atom. The van der Waals surface area contributed by atoms with Crippen molar-refractivity contribution >= 4 is 23.2 Å². The summed E-state index contributed by atoms with van der Waals surface area (Å²) in [5.41, 5.74) is 3.87. The van der Waals surface area contributed by atoms with E-state index in [-0.39, 0.29) is 5.91 Å². The van der Waals surface area contributed by atoms with Crippen LogP contribution >= 0.6 is 0 Å². The van der Waals surface area contributed by atoms with Crippen LogP contribution in [0.25, 0.3) is 11.6 Å². The minimum Gasteiger partial charge on any atom is -0.308 e. The standard InChI is InChI=1S/C17H15NO/c1-2-18-16-11-7-6-10-14(16)15(17(18)19)12-13-8-4-3-5-9-13/h3-12H,2H2,1H3/b15-12-. The maximum atomic E-state index is 12.5. The van der Waals surface area contributed by atoms with Crippen molar-refractivity contribution in [2.45, 2.75) is 6.92 Å². The molecule has 2 aromatic carbocycles. The quantitative estimate of drug-likeness (QED) is 0.745. The molecule has 19 heavy (non-hydrogen) atoms. The summed E-state index contributed by atoms with van der Waals surface area (Å²) in [5.74, 6) is 0.0903. The molecule has 1 aliphatic rings. The van der Waals surface area contributed by atoms with E-state index in [9.17, 15) is 4.79 Å². The zero-order valence-electron chi connectivity index (χ0n) is 10.8. The van der Waals surface area contributed by atoms with Gasteiger partial charge < -0.3 is 4.90 Å². The molecule has 0 unspecified atom stereocenters. The summed E-state index contributed by atoms with van der Waals surface area (Å²) in [5, 5.41) is 0. The van der Waals surface area contributed by atoms with Crippen LogP contribution in [0.15, 0.2) is 54.6 Å². The predicted octanol–water partition coefficient (Wildman–Crippen LogP) is 3.59. The van der Waals surface area contributed by atoms with Crippen LogP contribution in [0, 0.1) is 0 Å². The Balaban J connectivity index is 2.13. The van der Waals surface area contributed by atoms with E-state index in [4.69, 9.17) is 0 Å². The van der Waals surface area contributed by atoms with E-state index in [1.54, 1.807) is 0 Å². The molecule has 1 heterocycles. The molecule has 0 aliphatic carbocycles. The van der Waals surface area contributed by atoms with Gasteiger partial charge in [0, 0.05) is 17.7 Å². The summed E-state index contributed by atoms with van der Waals surface area (Å²) in [6.07, 6.45) is 1.97. The number of likely N-dealkylation sites (N-methyl/N-ethyl adjacent to an activating group) is 1. The first kappa shape index (κ1) is 11.7. The zero-order valence-corrected chi connectivity index (χ0v) is 10.8. The molecule has 0 bridgehead atoms. The summed E-state index contributed by atoms with van der Waals surface area (Å²) in [6, 6.07) is 17.9. The number of rotatable bonds is 2. The second-order valence-electron chi connectivity index (χ2n) is 4.54. The fourth-order valence-electron chi connectivity index (χ4n) is 2.48. The highest BCUT2D eigenvalue weighted by molar-refractivity contribution is 6.35. The predicted molar refractivity (Wildman–Crippen MR) is 78.8 cm³/mol. The molecule has 0 fully saturated rings. The minimum atomic E-state index is 0.0903. The number of hydrogen-bond acceptors (Lipinski definition) is 1. The summed E-state index contributed by atoms with van der Waals surface area (Å²) >= 11 is 0. The molecular weight excluding hydrogens is 234 g/mol. The van der Waals surface area contributed by atoms with Crippen molar-refractivity contribution in [3.8, 4) is 0 Å². The molecule has 94 valence electrons. The Morgan fingerprint density at radius 1 is 1.00 bits per heavy atom. The van der Waals surface area contributed by atoms with Crippen LogP contribution < -0.4 is 4.90 Å². The molecule has 3 rings (SSSR count). The summed E-state index contributed by atoms with van der Waals surface area (Å²) in [7, 11) is 0. The van der Waals surface area contributed by atoms with Crippen molar-refractivity contribution in [1.82, 2.24) is 0 Å². The van der Waals surface area contributed by atoms with E-state index in [1.807, 2.05) is 72.5 Å². The first-order valence-electron chi connectivity index (χ1n) is 6.49. The molecule has 1 amide bonds. The van der Waals surface area contributed by atoms with Gasteiger partial charge in [-0.25, -0.2) is 0 Å². The number of carbonyl (C=O) groups excluding carboxylic acids is 1. The largest absolute Gasteiger partial charge is 0.308 e. The molecule has 0 saturated heterocycles. The Kier molecular flexibility index (Phi) is 2.92. The normalized spacial score (nSPS) is 15.9. The van der Waals surface area contributed by atoms with Crippen molar-refractivity contribution < 1.29 is 4.79 Å². The van der Waals surface area contributed by atoms with Crippen molar-refractivity contribution in [3.05, 3.63) is 65.7 Å². The van der Waals surface area contributed by atoms with E-state index >= 15 is 0 Å². The van der Waals surface area contributed by atoms with Crippen molar-refractivity contribution in [3.63, 3.8) is 0 Å². The molecule has 0 atom stereocenters. The molecule has 0 N–H and O–H groups in total. The fraction of sp³-hybridized carbons (Fsp3) is 0.118. The molecule has 2 heteroatoms. The van der Waals surface area contributed by atoms with Crippen LogP contribution in [-0.2, 0) is 4.79 Å². The van der Waals surface area contributed by atoms with Gasteiger partial charge in [-0.15, -0.1) is 0 Å². The Labute approximate surface area is 113 Å². The van der Waals surface area contributed by atoms with Crippen LogP contribution in [-0.4, -0.2) is 12.5 Å². The summed E-state index contributed by atoms with van der Waals surface area (Å²) < 4.78 is 0. The van der Waals surface area contributed by atoms with E-state index < -0.39 is 0 Å². The molecule has 0 spiro atoms. The van der Waals surface area contributed by atoms with Gasteiger partial charge in [-0.2, -0.15) is 0 Å². The first-order chi connectivity index (χ1) is 9.31. The lowest BCUT2D eigenvalue weighted by molar-refractivity contribution is -0.112.